The zero-order chi connectivity index (χ0) is 9.10. The highest BCUT2D eigenvalue weighted by Crippen LogP contribution is 2.26. The number of hydrogen-bond acceptors (Lipinski definition) is 1. The van der Waals surface area contributed by atoms with Crippen molar-refractivity contribution in [2.45, 2.75) is 43.9 Å². The lowest BCUT2D eigenvalue weighted by Crippen LogP contribution is -2.38. The van der Waals surface area contributed by atoms with Crippen LogP contribution in [0, 0.1) is 5.92 Å². The van der Waals surface area contributed by atoms with Crippen LogP contribution in [0.1, 0.15) is 38.5 Å². The molecule has 13 heavy (non-hydrogen) atoms. The summed E-state index contributed by atoms with van der Waals surface area (Å²) in [6.07, 6.45) is 8.38. The predicted molar refractivity (Wildman–Crippen MR) is 57.3 cm³/mol. The first-order valence-electron chi connectivity index (χ1n) is 5.71. The zero-order valence-electron chi connectivity index (χ0n) is 8.34. The maximum absolute atomic E-state index is 6.16. The summed E-state index contributed by atoms with van der Waals surface area (Å²) in [6, 6.07) is 0. The Kier molecular flexibility index (Phi) is 3.51. The van der Waals surface area contributed by atoms with E-state index < -0.39 is 0 Å². The Morgan fingerprint density at radius 1 is 1.08 bits per heavy atom. The second-order valence-corrected chi connectivity index (χ2v) is 5.27. The van der Waals surface area contributed by atoms with Crippen molar-refractivity contribution in [3.05, 3.63) is 0 Å². The van der Waals surface area contributed by atoms with Gasteiger partial charge in [-0.3, -0.25) is 0 Å². The molecule has 0 aromatic rings. The Morgan fingerprint density at radius 3 is 2.54 bits per heavy atom. The molecule has 1 saturated carbocycles. The van der Waals surface area contributed by atoms with Crippen LogP contribution < -0.4 is 0 Å². The van der Waals surface area contributed by atoms with Crippen molar-refractivity contribution in [3.63, 3.8) is 0 Å². The van der Waals surface area contributed by atoms with Gasteiger partial charge < -0.3 is 4.90 Å². The smallest absolute Gasteiger partial charge is 0.0463 e. The molecule has 76 valence electrons. The van der Waals surface area contributed by atoms with Gasteiger partial charge in [-0.1, -0.05) is 12.8 Å². The predicted octanol–water partition coefficient (Wildman–Crippen LogP) is 2.88. The van der Waals surface area contributed by atoms with Gasteiger partial charge in [0.15, 0.2) is 0 Å². The van der Waals surface area contributed by atoms with Crippen molar-refractivity contribution in [2.24, 2.45) is 5.92 Å². The van der Waals surface area contributed by atoms with Gasteiger partial charge in [0.05, 0.1) is 0 Å². The fourth-order valence-electron chi connectivity index (χ4n) is 2.72. The zero-order valence-corrected chi connectivity index (χ0v) is 9.10. The van der Waals surface area contributed by atoms with Crippen LogP contribution >= 0.6 is 11.6 Å². The molecule has 2 fully saturated rings. The third kappa shape index (κ3) is 2.85. The standard InChI is InChI=1S/C11H20ClN/c12-11-6-3-7-13(9-11)8-10-4-1-2-5-10/h10-11H,1-9H2. The third-order valence-corrected chi connectivity index (χ3v) is 3.80. The van der Waals surface area contributed by atoms with Gasteiger partial charge in [0.2, 0.25) is 0 Å². The molecule has 0 bridgehead atoms. The number of piperidine rings is 1. The van der Waals surface area contributed by atoms with Crippen molar-refractivity contribution >= 4 is 11.6 Å². The minimum absolute atomic E-state index is 0.426. The van der Waals surface area contributed by atoms with Gasteiger partial charge >= 0.3 is 0 Å². The van der Waals surface area contributed by atoms with Crippen molar-refractivity contribution in [2.75, 3.05) is 19.6 Å². The lowest BCUT2D eigenvalue weighted by molar-refractivity contribution is 0.199. The number of rotatable bonds is 2. The van der Waals surface area contributed by atoms with Gasteiger partial charge in [0, 0.05) is 18.5 Å². The van der Waals surface area contributed by atoms with Crippen molar-refractivity contribution in [1.82, 2.24) is 4.90 Å². The van der Waals surface area contributed by atoms with E-state index >= 15 is 0 Å². The number of nitrogens with zero attached hydrogens (tertiary/aromatic N) is 1. The molecule has 0 spiro atoms. The van der Waals surface area contributed by atoms with Crippen molar-refractivity contribution in [1.29, 1.82) is 0 Å². The Labute approximate surface area is 86.4 Å². The summed E-state index contributed by atoms with van der Waals surface area (Å²) in [7, 11) is 0. The molecule has 0 aromatic heterocycles. The van der Waals surface area contributed by atoms with Gasteiger partial charge in [0.1, 0.15) is 0 Å². The average Bonchev–Trinajstić information content (AvgIpc) is 2.57. The summed E-state index contributed by atoms with van der Waals surface area (Å²) in [5, 5.41) is 0.426. The highest BCUT2D eigenvalue weighted by Gasteiger charge is 2.22. The molecule has 0 N–H and O–H groups in total. The van der Waals surface area contributed by atoms with Gasteiger partial charge in [-0.15, -0.1) is 11.6 Å². The van der Waals surface area contributed by atoms with E-state index in [4.69, 9.17) is 11.6 Å². The van der Waals surface area contributed by atoms with Gasteiger partial charge in [0.25, 0.3) is 0 Å². The van der Waals surface area contributed by atoms with E-state index in [1.807, 2.05) is 0 Å². The largest absolute Gasteiger partial charge is 0.302 e. The molecule has 1 nitrogen and oxygen atoms in total. The molecular weight excluding hydrogens is 182 g/mol. The summed E-state index contributed by atoms with van der Waals surface area (Å²) in [5.74, 6) is 0.988. The molecule has 0 aromatic carbocycles. The van der Waals surface area contributed by atoms with E-state index in [1.165, 1.54) is 51.6 Å². The summed E-state index contributed by atoms with van der Waals surface area (Å²) >= 11 is 6.16. The quantitative estimate of drug-likeness (QED) is 0.622. The second kappa shape index (κ2) is 4.65. The maximum Gasteiger partial charge on any atom is 0.0463 e. The molecule has 2 heteroatoms. The number of halogens is 1. The average molecular weight is 202 g/mol. The molecule has 0 amide bonds. The van der Waals surface area contributed by atoms with Crippen LogP contribution in [0.2, 0.25) is 0 Å². The van der Waals surface area contributed by atoms with Crippen LogP contribution in [-0.4, -0.2) is 29.9 Å². The monoisotopic (exact) mass is 201 g/mol. The molecule has 1 aliphatic heterocycles. The minimum atomic E-state index is 0.426. The maximum atomic E-state index is 6.16. The van der Waals surface area contributed by atoms with Gasteiger partial charge in [-0.2, -0.15) is 0 Å². The lowest BCUT2D eigenvalue weighted by atomic mass is 10.0. The normalized spacial score (nSPS) is 32.5. The minimum Gasteiger partial charge on any atom is -0.302 e. The van der Waals surface area contributed by atoms with Gasteiger partial charge in [-0.25, -0.2) is 0 Å². The number of likely N-dealkylation sites (tertiary alicyclic amines) is 1. The van der Waals surface area contributed by atoms with E-state index in [2.05, 4.69) is 4.90 Å². The van der Waals surface area contributed by atoms with Crippen molar-refractivity contribution < 1.29 is 0 Å². The summed E-state index contributed by atoms with van der Waals surface area (Å²) in [6.45, 7) is 3.75. The molecular formula is C11H20ClN. The number of alkyl halides is 1. The van der Waals surface area contributed by atoms with E-state index in [1.54, 1.807) is 0 Å². The van der Waals surface area contributed by atoms with Crippen molar-refractivity contribution in [3.8, 4) is 0 Å². The molecule has 1 atom stereocenters. The highest BCUT2D eigenvalue weighted by atomic mass is 35.5. The first kappa shape index (κ1) is 9.79. The first-order chi connectivity index (χ1) is 6.34. The Bertz CT molecular complexity index is 154. The van der Waals surface area contributed by atoms with E-state index in [9.17, 15) is 0 Å². The fraction of sp³-hybridized carbons (Fsp3) is 1.00. The summed E-state index contributed by atoms with van der Waals surface area (Å²) in [5.41, 5.74) is 0. The van der Waals surface area contributed by atoms with Crippen LogP contribution in [0.3, 0.4) is 0 Å². The highest BCUT2D eigenvalue weighted by molar-refractivity contribution is 6.20. The summed E-state index contributed by atoms with van der Waals surface area (Å²) in [4.78, 5) is 2.58. The fourth-order valence-corrected chi connectivity index (χ4v) is 3.07. The van der Waals surface area contributed by atoms with Crippen LogP contribution in [-0.2, 0) is 0 Å². The number of hydrogen-bond donors (Lipinski definition) is 0. The Hall–Kier alpha value is 0.250. The Balaban J connectivity index is 1.73. The lowest BCUT2D eigenvalue weighted by Gasteiger charge is -2.31. The topological polar surface area (TPSA) is 3.24 Å². The first-order valence-corrected chi connectivity index (χ1v) is 6.14. The SMILES string of the molecule is ClC1CCCN(CC2CCCC2)C1. The molecule has 2 aliphatic rings. The molecule has 1 saturated heterocycles. The molecule has 1 aliphatic carbocycles. The Morgan fingerprint density at radius 2 is 1.85 bits per heavy atom. The van der Waals surface area contributed by atoms with E-state index in [0.717, 1.165) is 12.5 Å². The van der Waals surface area contributed by atoms with Crippen LogP contribution in [0.25, 0.3) is 0 Å². The van der Waals surface area contributed by atoms with E-state index in [0.29, 0.717) is 5.38 Å². The van der Waals surface area contributed by atoms with Gasteiger partial charge in [-0.05, 0) is 38.1 Å². The molecule has 2 rings (SSSR count). The van der Waals surface area contributed by atoms with Crippen LogP contribution in [0.5, 0.6) is 0 Å². The van der Waals surface area contributed by atoms with E-state index in [-0.39, 0.29) is 0 Å². The van der Waals surface area contributed by atoms with Crippen LogP contribution in [0.15, 0.2) is 0 Å². The molecule has 1 heterocycles. The van der Waals surface area contributed by atoms with Crippen LogP contribution in [0.4, 0.5) is 0 Å². The molecule has 0 radical (unpaired) electrons. The molecule has 1 unspecified atom stereocenters. The summed E-state index contributed by atoms with van der Waals surface area (Å²) < 4.78 is 0. The third-order valence-electron chi connectivity index (χ3n) is 3.44. The second-order valence-electron chi connectivity index (χ2n) is 4.65.